The highest BCUT2D eigenvalue weighted by molar-refractivity contribution is 5.77. The molecule has 0 saturated heterocycles. The van der Waals surface area contributed by atoms with Crippen LogP contribution in [0.5, 0.6) is 0 Å². The molecular weight excluding hydrogens is 408 g/mol. The molecule has 0 aliphatic heterocycles. The van der Waals surface area contributed by atoms with Crippen LogP contribution in [-0.4, -0.2) is 0 Å². The van der Waals surface area contributed by atoms with Gasteiger partial charge in [0.1, 0.15) is 0 Å². The van der Waals surface area contributed by atoms with Crippen molar-refractivity contribution < 1.29 is 0 Å². The molecule has 34 heavy (non-hydrogen) atoms. The molecule has 0 aromatic heterocycles. The second kappa shape index (κ2) is 9.29. The van der Waals surface area contributed by atoms with E-state index in [1.54, 1.807) is 11.1 Å². The molecule has 6 aliphatic carbocycles. The van der Waals surface area contributed by atoms with E-state index in [1.165, 1.54) is 103 Å². The summed E-state index contributed by atoms with van der Waals surface area (Å²) in [5, 5.41) is 0. The minimum Gasteiger partial charge on any atom is -0.0880 e. The molecule has 4 saturated carbocycles. The lowest BCUT2D eigenvalue weighted by molar-refractivity contribution is 0.208. The monoisotopic (exact) mass is 454 g/mol. The van der Waals surface area contributed by atoms with Gasteiger partial charge in [-0.1, -0.05) is 93.4 Å². The van der Waals surface area contributed by atoms with Crippen molar-refractivity contribution in [2.75, 3.05) is 0 Å². The van der Waals surface area contributed by atoms with E-state index < -0.39 is 0 Å². The van der Waals surface area contributed by atoms with Crippen LogP contribution in [0.3, 0.4) is 0 Å². The van der Waals surface area contributed by atoms with Crippen LogP contribution in [0.25, 0.3) is 5.57 Å². The molecule has 182 valence electrons. The van der Waals surface area contributed by atoms with E-state index >= 15 is 0 Å². The lowest BCUT2D eigenvalue weighted by Crippen LogP contribution is -2.36. The number of hydrogen-bond donors (Lipinski definition) is 0. The Balaban J connectivity index is 1.43. The Labute approximate surface area is 208 Å². The summed E-state index contributed by atoms with van der Waals surface area (Å²) < 4.78 is 0. The zero-order valence-electron chi connectivity index (χ0n) is 21.4. The smallest absolute Gasteiger partial charge is 0.00588 e. The average molecular weight is 455 g/mol. The van der Waals surface area contributed by atoms with Gasteiger partial charge in [0, 0.05) is 0 Å². The van der Waals surface area contributed by atoms with Crippen LogP contribution in [0.15, 0.2) is 42.0 Å². The predicted octanol–water partition coefficient (Wildman–Crippen LogP) is 9.72. The molecule has 0 nitrogen and oxygen atoms in total. The second-order valence-corrected chi connectivity index (χ2v) is 13.2. The largest absolute Gasteiger partial charge is 0.0880 e. The van der Waals surface area contributed by atoms with E-state index in [0.29, 0.717) is 0 Å². The summed E-state index contributed by atoms with van der Waals surface area (Å²) in [5.41, 5.74) is 7.52. The molecule has 0 radical (unpaired) electrons. The highest BCUT2D eigenvalue weighted by Crippen LogP contribution is 2.64. The topological polar surface area (TPSA) is 0 Å². The molecule has 7 rings (SSSR count). The van der Waals surface area contributed by atoms with Crippen molar-refractivity contribution in [3.63, 3.8) is 0 Å². The molecule has 0 heteroatoms. The maximum atomic E-state index is 2.69. The molecule has 6 aliphatic rings. The van der Waals surface area contributed by atoms with E-state index in [2.05, 4.69) is 42.0 Å². The normalized spacial score (nSPS) is 39.5. The van der Waals surface area contributed by atoms with Gasteiger partial charge in [-0.05, 0) is 115 Å². The molecule has 0 spiro atoms. The zero-order valence-corrected chi connectivity index (χ0v) is 21.4. The Kier molecular flexibility index (Phi) is 6.00. The summed E-state index contributed by atoms with van der Waals surface area (Å²) in [7, 11) is 0. The first-order valence-electron chi connectivity index (χ1n) is 15.4. The lowest BCUT2D eigenvalue weighted by Gasteiger charge is -2.48. The van der Waals surface area contributed by atoms with Gasteiger partial charge in [0.2, 0.25) is 0 Å². The molecule has 0 heterocycles. The van der Waals surface area contributed by atoms with Crippen LogP contribution >= 0.6 is 0 Å². The molecule has 2 bridgehead atoms. The standard InChI is InChI=1S/C34H46/c1-3-13-24(14-4-1)31-28-19-7-8-20-29(28)32(25-15-5-2-6-16-25)34-30-22-26(30)17-9-11-23-12-10-18-27(21-23)33(31)34/h7-9,17,19-20,23-27,30,32,34H,1-6,10-16,18,21-22H2/b17-9-/t23?,26-,27?,30?,32?,34?/m0/s1. The Morgan fingerprint density at radius 2 is 1.41 bits per heavy atom. The van der Waals surface area contributed by atoms with E-state index in [0.717, 1.165) is 47.3 Å². The fraction of sp³-hybridized carbons (Fsp3) is 0.706. The van der Waals surface area contributed by atoms with Gasteiger partial charge in [-0.25, -0.2) is 0 Å². The molecule has 1 aromatic rings. The van der Waals surface area contributed by atoms with E-state index in [-0.39, 0.29) is 0 Å². The Morgan fingerprint density at radius 1 is 0.647 bits per heavy atom. The van der Waals surface area contributed by atoms with Crippen molar-refractivity contribution in [2.24, 2.45) is 41.4 Å². The first-order chi connectivity index (χ1) is 16.9. The molecule has 1 aromatic carbocycles. The average Bonchev–Trinajstić information content (AvgIpc) is 3.67. The van der Waals surface area contributed by atoms with Gasteiger partial charge in [-0.2, -0.15) is 0 Å². The summed E-state index contributed by atoms with van der Waals surface area (Å²) in [6.45, 7) is 0. The van der Waals surface area contributed by atoms with Gasteiger partial charge in [0.25, 0.3) is 0 Å². The van der Waals surface area contributed by atoms with Crippen molar-refractivity contribution >= 4 is 5.57 Å². The van der Waals surface area contributed by atoms with Crippen LogP contribution in [0.2, 0.25) is 0 Å². The molecule has 0 amide bonds. The summed E-state index contributed by atoms with van der Waals surface area (Å²) in [5.74, 6) is 7.07. The van der Waals surface area contributed by atoms with Gasteiger partial charge in [0.15, 0.2) is 0 Å². The maximum absolute atomic E-state index is 2.69. The van der Waals surface area contributed by atoms with Gasteiger partial charge in [0.05, 0.1) is 0 Å². The van der Waals surface area contributed by atoms with Crippen molar-refractivity contribution in [3.05, 3.63) is 53.1 Å². The van der Waals surface area contributed by atoms with Gasteiger partial charge in [-0.3, -0.25) is 0 Å². The fourth-order valence-corrected chi connectivity index (χ4v) is 9.73. The zero-order chi connectivity index (χ0) is 22.5. The predicted molar refractivity (Wildman–Crippen MR) is 144 cm³/mol. The third-order valence-electron chi connectivity index (χ3n) is 11.3. The second-order valence-electron chi connectivity index (χ2n) is 13.2. The van der Waals surface area contributed by atoms with Crippen molar-refractivity contribution in [2.45, 2.75) is 109 Å². The van der Waals surface area contributed by atoms with Gasteiger partial charge >= 0.3 is 0 Å². The quantitative estimate of drug-likeness (QED) is 0.390. The molecule has 4 fully saturated rings. The number of fused-ring (bicyclic) bond motifs is 7. The lowest BCUT2D eigenvalue weighted by atomic mass is 9.56. The van der Waals surface area contributed by atoms with Gasteiger partial charge in [-0.15, -0.1) is 0 Å². The SMILES string of the molecule is C1=C\[C@H]2CC2C2C(=C(C3CCCCC3)c3ccccc3C2C2CCCCC2)C2CCCC(C/1)C2. The molecule has 6 atom stereocenters. The summed E-state index contributed by atoms with van der Waals surface area (Å²) >= 11 is 0. The Hall–Kier alpha value is -1.30. The third-order valence-corrected chi connectivity index (χ3v) is 11.3. The minimum absolute atomic E-state index is 0.807. The van der Waals surface area contributed by atoms with Crippen LogP contribution in [0.1, 0.15) is 120 Å². The molecule has 5 unspecified atom stereocenters. The van der Waals surface area contributed by atoms with E-state index in [4.69, 9.17) is 0 Å². The molecular formula is C34H46. The highest BCUT2D eigenvalue weighted by Gasteiger charge is 2.53. The first kappa shape index (κ1) is 21.9. The summed E-state index contributed by atoms with van der Waals surface area (Å²) in [4.78, 5) is 0. The van der Waals surface area contributed by atoms with Crippen LogP contribution in [0, 0.1) is 41.4 Å². The van der Waals surface area contributed by atoms with Crippen LogP contribution in [0.4, 0.5) is 0 Å². The number of benzene rings is 1. The summed E-state index contributed by atoms with van der Waals surface area (Å²) in [6, 6.07) is 9.96. The third kappa shape index (κ3) is 3.87. The minimum atomic E-state index is 0.807. The summed E-state index contributed by atoms with van der Waals surface area (Å²) in [6.07, 6.45) is 28.8. The van der Waals surface area contributed by atoms with E-state index in [1.807, 2.05) is 5.57 Å². The number of rotatable bonds is 2. The van der Waals surface area contributed by atoms with Crippen LogP contribution < -0.4 is 0 Å². The molecule has 0 N–H and O–H groups in total. The fourth-order valence-electron chi connectivity index (χ4n) is 9.73. The number of hydrogen-bond acceptors (Lipinski definition) is 0. The highest BCUT2D eigenvalue weighted by atomic mass is 14.6. The Morgan fingerprint density at radius 3 is 2.26 bits per heavy atom. The first-order valence-corrected chi connectivity index (χ1v) is 15.4. The number of allylic oxidation sites excluding steroid dienone is 4. The maximum Gasteiger partial charge on any atom is -0.00588 e. The van der Waals surface area contributed by atoms with Gasteiger partial charge < -0.3 is 0 Å². The van der Waals surface area contributed by atoms with Crippen LogP contribution in [-0.2, 0) is 0 Å². The van der Waals surface area contributed by atoms with E-state index in [9.17, 15) is 0 Å². The Bertz CT molecular complexity index is 937. The van der Waals surface area contributed by atoms with Crippen molar-refractivity contribution in [3.8, 4) is 0 Å². The van der Waals surface area contributed by atoms with Crippen molar-refractivity contribution in [1.29, 1.82) is 0 Å². The van der Waals surface area contributed by atoms with Crippen molar-refractivity contribution in [1.82, 2.24) is 0 Å².